The fourth-order valence-corrected chi connectivity index (χ4v) is 2.71. The molecule has 1 saturated heterocycles. The predicted octanol–water partition coefficient (Wildman–Crippen LogP) is 2.94. The molecule has 0 amide bonds. The number of likely N-dealkylation sites (tertiary alicyclic amines) is 1. The number of nitrogens with two attached hydrogens (primary N) is 1. The fraction of sp³-hybridized carbons (Fsp3) is 0.562. The zero-order valence-corrected chi connectivity index (χ0v) is 12.4. The molecule has 1 fully saturated rings. The highest BCUT2D eigenvalue weighted by molar-refractivity contribution is 5.86. The van der Waals surface area contributed by atoms with Crippen LogP contribution >= 0.6 is 0 Å². The van der Waals surface area contributed by atoms with E-state index in [0.717, 1.165) is 11.3 Å². The lowest BCUT2D eigenvalue weighted by molar-refractivity contribution is 0.216. The van der Waals surface area contributed by atoms with Crippen LogP contribution in [0.15, 0.2) is 18.2 Å². The highest BCUT2D eigenvalue weighted by atomic mass is 15.1. The van der Waals surface area contributed by atoms with Crippen LogP contribution in [0.25, 0.3) is 0 Å². The van der Waals surface area contributed by atoms with Crippen molar-refractivity contribution in [3.05, 3.63) is 23.8 Å². The Morgan fingerprint density at radius 1 is 1.40 bits per heavy atom. The number of hydrogen-bond acceptors (Lipinski definition) is 4. The van der Waals surface area contributed by atoms with E-state index in [1.807, 2.05) is 18.2 Å². The molecule has 1 heterocycles. The zero-order chi connectivity index (χ0) is 14.4. The quantitative estimate of drug-likeness (QED) is 0.552. The van der Waals surface area contributed by atoms with Crippen molar-refractivity contribution < 1.29 is 0 Å². The Balaban J connectivity index is 1.84. The Labute approximate surface area is 121 Å². The van der Waals surface area contributed by atoms with Crippen molar-refractivity contribution in [1.82, 2.24) is 4.90 Å². The Kier molecular flexibility index (Phi) is 5.41. The van der Waals surface area contributed by atoms with E-state index in [2.05, 4.69) is 17.1 Å². The maximum absolute atomic E-state index is 7.35. The number of nitrogens with one attached hydrogen (secondary N) is 2. The first-order chi connectivity index (χ1) is 9.72. The summed E-state index contributed by atoms with van der Waals surface area (Å²) in [5.41, 5.74) is 8.34. The molecule has 0 unspecified atom stereocenters. The van der Waals surface area contributed by atoms with Crippen molar-refractivity contribution in [3.8, 4) is 0 Å². The largest absolute Gasteiger partial charge is 0.398 e. The predicted molar refractivity (Wildman–Crippen MR) is 86.7 cm³/mol. The summed E-state index contributed by atoms with van der Waals surface area (Å²) in [6.45, 7) is 5.85. The molecule has 0 saturated carbocycles. The molecule has 4 heteroatoms. The highest BCUT2D eigenvalue weighted by Gasteiger charge is 2.18. The van der Waals surface area contributed by atoms with Gasteiger partial charge in [-0.3, -0.25) is 0 Å². The van der Waals surface area contributed by atoms with E-state index in [0.29, 0.717) is 11.7 Å². The summed E-state index contributed by atoms with van der Waals surface area (Å²) in [5, 5.41) is 10.9. The summed E-state index contributed by atoms with van der Waals surface area (Å²) in [7, 11) is 0. The standard InChI is InChI=1S/C16H26N4/c1-2-3-8-20-9-6-14(7-10-20)19-15-4-5-16(18)13(11-15)12-17/h4-5,11-12,14,17,19H,2-3,6-10,18H2,1H3. The van der Waals surface area contributed by atoms with Crippen molar-refractivity contribution in [2.75, 3.05) is 30.7 Å². The van der Waals surface area contributed by atoms with Crippen molar-refractivity contribution in [2.45, 2.75) is 38.6 Å². The lowest BCUT2D eigenvalue weighted by Gasteiger charge is -2.32. The highest BCUT2D eigenvalue weighted by Crippen LogP contribution is 2.20. The van der Waals surface area contributed by atoms with Gasteiger partial charge in [0.2, 0.25) is 0 Å². The van der Waals surface area contributed by atoms with E-state index >= 15 is 0 Å². The summed E-state index contributed by atoms with van der Waals surface area (Å²) < 4.78 is 0. The second kappa shape index (κ2) is 7.29. The van der Waals surface area contributed by atoms with Gasteiger partial charge in [0.1, 0.15) is 0 Å². The van der Waals surface area contributed by atoms with Crippen molar-refractivity contribution in [1.29, 1.82) is 5.41 Å². The first-order valence-electron chi connectivity index (χ1n) is 7.62. The summed E-state index contributed by atoms with van der Waals surface area (Å²) in [5.74, 6) is 0. The molecule has 4 nitrogen and oxygen atoms in total. The molecule has 1 aromatic rings. The van der Waals surface area contributed by atoms with Crippen LogP contribution in [0.3, 0.4) is 0 Å². The molecule has 0 aromatic heterocycles. The Hall–Kier alpha value is -1.55. The molecule has 2 rings (SSSR count). The maximum atomic E-state index is 7.35. The van der Waals surface area contributed by atoms with Crippen LogP contribution in [0.5, 0.6) is 0 Å². The van der Waals surface area contributed by atoms with Gasteiger partial charge in [0, 0.05) is 42.3 Å². The third-order valence-corrected chi connectivity index (χ3v) is 4.03. The molecule has 20 heavy (non-hydrogen) atoms. The van der Waals surface area contributed by atoms with Crippen LogP contribution in [-0.4, -0.2) is 36.8 Å². The summed E-state index contributed by atoms with van der Waals surface area (Å²) in [4.78, 5) is 2.56. The molecular weight excluding hydrogens is 248 g/mol. The molecule has 1 aliphatic rings. The number of anilines is 2. The third kappa shape index (κ3) is 3.97. The molecule has 0 bridgehead atoms. The molecule has 0 aliphatic carbocycles. The SMILES string of the molecule is CCCCN1CCC(Nc2ccc(N)c(C=N)c2)CC1. The molecule has 1 aromatic carbocycles. The van der Waals surface area contributed by atoms with Gasteiger partial charge >= 0.3 is 0 Å². The normalized spacial score (nSPS) is 17.1. The number of unbranched alkanes of at least 4 members (excludes halogenated alkanes) is 1. The summed E-state index contributed by atoms with van der Waals surface area (Å²) in [6, 6.07) is 6.38. The summed E-state index contributed by atoms with van der Waals surface area (Å²) in [6.07, 6.45) is 6.27. The minimum Gasteiger partial charge on any atom is -0.398 e. The number of hydrogen-bond donors (Lipinski definition) is 3. The van der Waals surface area contributed by atoms with Crippen molar-refractivity contribution in [2.24, 2.45) is 0 Å². The summed E-state index contributed by atoms with van der Waals surface area (Å²) >= 11 is 0. The molecular formula is C16H26N4. The Morgan fingerprint density at radius 2 is 2.15 bits per heavy atom. The van der Waals surface area contributed by atoms with Crippen LogP contribution in [0.2, 0.25) is 0 Å². The average molecular weight is 274 g/mol. The molecule has 4 N–H and O–H groups in total. The van der Waals surface area contributed by atoms with E-state index in [-0.39, 0.29) is 0 Å². The lowest BCUT2D eigenvalue weighted by atomic mass is 10.0. The van der Waals surface area contributed by atoms with E-state index in [1.165, 1.54) is 51.5 Å². The van der Waals surface area contributed by atoms with Gasteiger partial charge in [-0.15, -0.1) is 0 Å². The number of nitrogen functional groups attached to an aromatic ring is 1. The van der Waals surface area contributed by atoms with Crippen molar-refractivity contribution in [3.63, 3.8) is 0 Å². The van der Waals surface area contributed by atoms with Crippen LogP contribution in [0, 0.1) is 5.41 Å². The van der Waals surface area contributed by atoms with E-state index in [9.17, 15) is 0 Å². The second-order valence-corrected chi connectivity index (χ2v) is 5.60. The van der Waals surface area contributed by atoms with Crippen molar-refractivity contribution >= 4 is 17.6 Å². The van der Waals surface area contributed by atoms with E-state index in [4.69, 9.17) is 11.1 Å². The monoisotopic (exact) mass is 274 g/mol. The van der Waals surface area contributed by atoms with Gasteiger partial charge < -0.3 is 21.4 Å². The van der Waals surface area contributed by atoms with Crippen LogP contribution < -0.4 is 11.1 Å². The van der Waals surface area contributed by atoms with Gasteiger partial charge in [-0.1, -0.05) is 13.3 Å². The number of rotatable bonds is 6. The van der Waals surface area contributed by atoms with E-state index < -0.39 is 0 Å². The molecule has 1 aliphatic heterocycles. The first-order valence-corrected chi connectivity index (χ1v) is 7.62. The molecule has 0 atom stereocenters. The van der Waals surface area contributed by atoms with Gasteiger partial charge in [-0.25, -0.2) is 0 Å². The van der Waals surface area contributed by atoms with Crippen LogP contribution in [0.1, 0.15) is 38.2 Å². The van der Waals surface area contributed by atoms with Crippen LogP contribution in [-0.2, 0) is 0 Å². The van der Waals surface area contributed by atoms with Gasteiger partial charge in [-0.05, 0) is 44.0 Å². The zero-order valence-electron chi connectivity index (χ0n) is 12.4. The average Bonchev–Trinajstić information content (AvgIpc) is 2.48. The van der Waals surface area contributed by atoms with Gasteiger partial charge in [0.05, 0.1) is 0 Å². The smallest absolute Gasteiger partial charge is 0.0404 e. The topological polar surface area (TPSA) is 65.1 Å². The minimum absolute atomic E-state index is 0.537. The molecule has 0 radical (unpaired) electrons. The molecule has 110 valence electrons. The number of benzene rings is 1. The maximum Gasteiger partial charge on any atom is 0.0404 e. The van der Waals surface area contributed by atoms with Crippen LogP contribution in [0.4, 0.5) is 11.4 Å². The Bertz CT molecular complexity index is 436. The van der Waals surface area contributed by atoms with Gasteiger partial charge in [0.25, 0.3) is 0 Å². The van der Waals surface area contributed by atoms with Gasteiger partial charge in [-0.2, -0.15) is 0 Å². The molecule has 0 spiro atoms. The Morgan fingerprint density at radius 3 is 2.80 bits per heavy atom. The minimum atomic E-state index is 0.537. The first kappa shape index (κ1) is 14.9. The number of piperidine rings is 1. The third-order valence-electron chi connectivity index (χ3n) is 4.03. The van der Waals surface area contributed by atoms with E-state index in [1.54, 1.807) is 0 Å². The second-order valence-electron chi connectivity index (χ2n) is 5.60. The number of nitrogens with zero attached hydrogens (tertiary/aromatic N) is 1. The fourth-order valence-electron chi connectivity index (χ4n) is 2.71. The van der Waals surface area contributed by atoms with Gasteiger partial charge in [0.15, 0.2) is 0 Å². The lowest BCUT2D eigenvalue weighted by Crippen LogP contribution is -2.39.